The summed E-state index contributed by atoms with van der Waals surface area (Å²) in [6, 6.07) is 0.496. The van der Waals surface area contributed by atoms with E-state index in [1.54, 1.807) is 6.33 Å². The Balaban J connectivity index is 1.69. The lowest BCUT2D eigenvalue weighted by Gasteiger charge is -2.63. The van der Waals surface area contributed by atoms with Gasteiger partial charge in [0.15, 0.2) is 17.0 Å². The monoisotopic (exact) mass is 301 g/mol. The van der Waals surface area contributed by atoms with Crippen molar-refractivity contribution >= 4 is 17.0 Å². The van der Waals surface area contributed by atoms with Crippen LogP contribution in [0.1, 0.15) is 32.6 Å². The summed E-state index contributed by atoms with van der Waals surface area (Å²) in [6.45, 7) is 2.97. The van der Waals surface area contributed by atoms with E-state index in [-0.39, 0.29) is 0 Å². The van der Waals surface area contributed by atoms with E-state index in [0.29, 0.717) is 17.6 Å². The van der Waals surface area contributed by atoms with E-state index in [2.05, 4.69) is 38.4 Å². The van der Waals surface area contributed by atoms with E-state index in [0.717, 1.165) is 29.9 Å². The van der Waals surface area contributed by atoms with E-state index in [1.807, 2.05) is 13.4 Å². The molecule has 118 valence electrons. The summed E-state index contributed by atoms with van der Waals surface area (Å²) in [6.07, 6.45) is 8.83. The van der Waals surface area contributed by atoms with Crippen LogP contribution >= 0.6 is 0 Å². The number of hydrogen-bond acceptors (Lipinski definition) is 5. The maximum atomic E-state index is 5.69. The second kappa shape index (κ2) is 4.91. The van der Waals surface area contributed by atoms with Gasteiger partial charge in [-0.3, -0.25) is 0 Å². The topological polar surface area (TPSA) is 56.1 Å². The average Bonchev–Trinajstić information content (AvgIpc) is 2.87. The molecule has 0 radical (unpaired) electrons. The molecular formula is C16H23N5O. The van der Waals surface area contributed by atoms with Crippen molar-refractivity contribution in [3.05, 3.63) is 12.7 Å². The number of anilines is 1. The minimum absolute atomic E-state index is 0.327. The molecule has 2 heterocycles. The Morgan fingerprint density at radius 1 is 1.36 bits per heavy atom. The van der Waals surface area contributed by atoms with Crippen LogP contribution < -0.4 is 4.90 Å². The van der Waals surface area contributed by atoms with Crippen LogP contribution in [0.4, 0.5) is 5.82 Å². The van der Waals surface area contributed by atoms with E-state index < -0.39 is 0 Å². The highest BCUT2D eigenvalue weighted by molar-refractivity contribution is 5.83. The first-order valence-electron chi connectivity index (χ1n) is 8.12. The number of methoxy groups -OCH3 is 1. The van der Waals surface area contributed by atoms with Crippen LogP contribution in [0.5, 0.6) is 0 Å². The summed E-state index contributed by atoms with van der Waals surface area (Å²) in [5.74, 6) is 0.947. The van der Waals surface area contributed by atoms with Gasteiger partial charge in [-0.05, 0) is 26.2 Å². The minimum Gasteiger partial charge on any atom is -0.381 e. The molecule has 6 heteroatoms. The Labute approximate surface area is 130 Å². The van der Waals surface area contributed by atoms with Crippen molar-refractivity contribution < 1.29 is 4.74 Å². The highest BCUT2D eigenvalue weighted by Gasteiger charge is 2.60. The fraction of sp³-hybridized carbons (Fsp3) is 0.688. The summed E-state index contributed by atoms with van der Waals surface area (Å²) in [7, 11) is 3.98. The Morgan fingerprint density at radius 2 is 2.18 bits per heavy atom. The molecule has 0 aromatic carbocycles. The molecule has 1 spiro atoms. The standard InChI is InChI=1S/C16H23N5O/c1-4-21-10-19-13-14(17-9-18-15(13)21)20(2)11-8-12(22-3)16(11)6-5-7-16/h9-12H,4-8H2,1-3H3/t11-,12+/m0/s1. The van der Waals surface area contributed by atoms with E-state index in [1.165, 1.54) is 19.3 Å². The molecule has 2 aliphatic carbocycles. The predicted octanol–water partition coefficient (Wildman–Crippen LogP) is 2.24. The fourth-order valence-electron chi connectivity index (χ4n) is 4.35. The lowest BCUT2D eigenvalue weighted by molar-refractivity contribution is -0.152. The van der Waals surface area contributed by atoms with Gasteiger partial charge >= 0.3 is 0 Å². The summed E-state index contributed by atoms with van der Waals surface area (Å²) < 4.78 is 7.75. The maximum Gasteiger partial charge on any atom is 0.165 e. The van der Waals surface area contributed by atoms with E-state index >= 15 is 0 Å². The number of aromatic nitrogens is 4. The van der Waals surface area contributed by atoms with Crippen molar-refractivity contribution in [2.45, 2.75) is 51.3 Å². The summed E-state index contributed by atoms with van der Waals surface area (Å²) in [5.41, 5.74) is 2.15. The van der Waals surface area contributed by atoms with Gasteiger partial charge < -0.3 is 14.2 Å². The fourth-order valence-corrected chi connectivity index (χ4v) is 4.35. The SMILES string of the molecule is CCn1cnc2c(N(C)[C@H]3C[C@@H](OC)C34CCC4)ncnc21. The molecule has 2 saturated carbocycles. The molecule has 0 aliphatic heterocycles. The molecule has 6 nitrogen and oxygen atoms in total. The van der Waals surface area contributed by atoms with Crippen LogP contribution in [0.2, 0.25) is 0 Å². The number of hydrogen-bond donors (Lipinski definition) is 0. The van der Waals surface area contributed by atoms with E-state index in [4.69, 9.17) is 4.74 Å². The zero-order valence-electron chi connectivity index (χ0n) is 13.5. The number of fused-ring (bicyclic) bond motifs is 1. The van der Waals surface area contributed by atoms with Gasteiger partial charge in [-0.2, -0.15) is 0 Å². The lowest BCUT2D eigenvalue weighted by atomic mass is 9.50. The molecule has 0 bridgehead atoms. The Kier molecular flexibility index (Phi) is 3.11. The van der Waals surface area contributed by atoms with Crippen molar-refractivity contribution in [1.82, 2.24) is 19.5 Å². The van der Waals surface area contributed by atoms with Crippen LogP contribution in [-0.4, -0.2) is 45.8 Å². The molecule has 0 N–H and O–H groups in total. The quantitative estimate of drug-likeness (QED) is 0.867. The van der Waals surface area contributed by atoms with Gasteiger partial charge in [0.25, 0.3) is 0 Å². The molecule has 2 aromatic heterocycles. The number of aryl methyl sites for hydroxylation is 1. The first-order valence-corrected chi connectivity index (χ1v) is 8.12. The van der Waals surface area contributed by atoms with Gasteiger partial charge in [-0.25, -0.2) is 15.0 Å². The summed E-state index contributed by atoms with van der Waals surface area (Å²) in [4.78, 5) is 15.8. The van der Waals surface area contributed by atoms with Gasteiger partial charge in [0, 0.05) is 32.2 Å². The van der Waals surface area contributed by atoms with Crippen LogP contribution in [-0.2, 0) is 11.3 Å². The zero-order valence-corrected chi connectivity index (χ0v) is 13.5. The summed E-state index contributed by atoms with van der Waals surface area (Å²) >= 11 is 0. The molecule has 2 atom stereocenters. The van der Waals surface area contributed by atoms with Crippen molar-refractivity contribution in [2.24, 2.45) is 5.41 Å². The molecule has 2 fully saturated rings. The van der Waals surface area contributed by atoms with Crippen LogP contribution in [0.3, 0.4) is 0 Å². The molecule has 4 rings (SSSR count). The van der Waals surface area contributed by atoms with Gasteiger partial charge in [0.1, 0.15) is 6.33 Å². The average molecular weight is 301 g/mol. The molecule has 0 saturated heterocycles. The second-order valence-electron chi connectivity index (χ2n) is 6.57. The number of nitrogens with zero attached hydrogens (tertiary/aromatic N) is 5. The molecule has 22 heavy (non-hydrogen) atoms. The predicted molar refractivity (Wildman–Crippen MR) is 84.9 cm³/mol. The zero-order chi connectivity index (χ0) is 15.3. The largest absolute Gasteiger partial charge is 0.381 e. The molecule has 2 aromatic rings. The lowest BCUT2D eigenvalue weighted by Crippen LogP contribution is -2.67. The van der Waals surface area contributed by atoms with E-state index in [9.17, 15) is 0 Å². The van der Waals surface area contributed by atoms with Crippen molar-refractivity contribution in [2.75, 3.05) is 19.1 Å². The first kappa shape index (κ1) is 13.9. The smallest absolute Gasteiger partial charge is 0.165 e. The van der Waals surface area contributed by atoms with Gasteiger partial charge in [-0.15, -0.1) is 0 Å². The van der Waals surface area contributed by atoms with Crippen LogP contribution in [0.15, 0.2) is 12.7 Å². The molecule has 0 unspecified atom stereocenters. The number of rotatable bonds is 4. The third kappa shape index (κ3) is 1.67. The van der Waals surface area contributed by atoms with Crippen LogP contribution in [0.25, 0.3) is 11.2 Å². The van der Waals surface area contributed by atoms with Crippen molar-refractivity contribution in [3.63, 3.8) is 0 Å². The Hall–Kier alpha value is -1.69. The van der Waals surface area contributed by atoms with Gasteiger partial charge in [0.2, 0.25) is 0 Å². The Bertz CT molecular complexity index is 693. The van der Waals surface area contributed by atoms with Gasteiger partial charge in [0.05, 0.1) is 12.4 Å². The first-order chi connectivity index (χ1) is 10.7. The minimum atomic E-state index is 0.327. The maximum absolute atomic E-state index is 5.69. The van der Waals surface area contributed by atoms with Crippen molar-refractivity contribution in [1.29, 1.82) is 0 Å². The normalized spacial score (nSPS) is 26.0. The third-order valence-corrected chi connectivity index (χ3v) is 5.84. The summed E-state index contributed by atoms with van der Waals surface area (Å²) in [5, 5.41) is 0. The number of ether oxygens (including phenoxy) is 1. The second-order valence-corrected chi connectivity index (χ2v) is 6.57. The molecular weight excluding hydrogens is 278 g/mol. The van der Waals surface area contributed by atoms with Crippen molar-refractivity contribution in [3.8, 4) is 0 Å². The van der Waals surface area contributed by atoms with Gasteiger partial charge in [-0.1, -0.05) is 6.42 Å². The van der Waals surface area contributed by atoms with Crippen LogP contribution in [0, 0.1) is 5.41 Å². The highest BCUT2D eigenvalue weighted by atomic mass is 16.5. The highest BCUT2D eigenvalue weighted by Crippen LogP contribution is 2.59. The molecule has 2 aliphatic rings. The Morgan fingerprint density at radius 3 is 2.82 bits per heavy atom. The third-order valence-electron chi connectivity index (χ3n) is 5.84. The number of imidazole rings is 1. The molecule has 0 amide bonds.